The summed E-state index contributed by atoms with van der Waals surface area (Å²) in [7, 11) is -2.04. The van der Waals surface area contributed by atoms with Gasteiger partial charge in [-0.1, -0.05) is 0 Å². The summed E-state index contributed by atoms with van der Waals surface area (Å²) in [5, 5.41) is 2.60. The number of halogens is 3. The number of nitrogens with zero attached hydrogens (tertiary/aromatic N) is 4. The van der Waals surface area contributed by atoms with E-state index in [2.05, 4.69) is 20.3 Å². The van der Waals surface area contributed by atoms with Gasteiger partial charge in [0.2, 0.25) is 5.95 Å². The Balaban J connectivity index is 1.92. The molecule has 1 saturated heterocycles. The largest absolute Gasteiger partial charge is 0.417 e. The van der Waals surface area contributed by atoms with Crippen molar-refractivity contribution < 1.29 is 26.3 Å². The first-order valence-electron chi connectivity index (χ1n) is 9.72. The number of alkyl halides is 3. The van der Waals surface area contributed by atoms with Crippen molar-refractivity contribution in [1.29, 1.82) is 0 Å². The molecule has 0 bridgehead atoms. The summed E-state index contributed by atoms with van der Waals surface area (Å²) in [6.45, 7) is 1.76. The van der Waals surface area contributed by atoms with Crippen LogP contribution in [0.1, 0.15) is 24.1 Å². The third-order valence-electron chi connectivity index (χ3n) is 5.63. The van der Waals surface area contributed by atoms with Crippen molar-refractivity contribution in [1.82, 2.24) is 15.0 Å². The van der Waals surface area contributed by atoms with Gasteiger partial charge in [0, 0.05) is 38.2 Å². The quantitative estimate of drug-likeness (QED) is 0.732. The van der Waals surface area contributed by atoms with Gasteiger partial charge < -0.3 is 15.0 Å². The van der Waals surface area contributed by atoms with Gasteiger partial charge in [0.25, 0.3) is 0 Å². The van der Waals surface area contributed by atoms with E-state index in [1.165, 1.54) is 13.1 Å². The molecule has 0 spiro atoms. The van der Waals surface area contributed by atoms with Gasteiger partial charge in [-0.25, -0.2) is 23.4 Å². The van der Waals surface area contributed by atoms with E-state index in [9.17, 15) is 21.6 Å². The lowest BCUT2D eigenvalue weighted by molar-refractivity contribution is -0.137. The van der Waals surface area contributed by atoms with Gasteiger partial charge in [-0.15, -0.1) is 0 Å². The van der Waals surface area contributed by atoms with Crippen molar-refractivity contribution in [2.75, 3.05) is 49.8 Å². The predicted octanol–water partition coefficient (Wildman–Crippen LogP) is 2.47. The Labute approximate surface area is 177 Å². The van der Waals surface area contributed by atoms with Crippen LogP contribution in [0, 0.1) is 0 Å². The normalized spacial score (nSPS) is 18.7. The van der Waals surface area contributed by atoms with E-state index in [1.807, 2.05) is 0 Å². The third kappa shape index (κ3) is 4.05. The predicted molar refractivity (Wildman–Crippen MR) is 109 cm³/mol. The molecule has 1 N–H and O–H groups in total. The number of sulfone groups is 1. The monoisotopic (exact) mass is 457 g/mol. The number of hydrogen-bond acceptors (Lipinski definition) is 8. The smallest absolute Gasteiger partial charge is 0.378 e. The zero-order valence-corrected chi connectivity index (χ0v) is 17.8. The molecule has 0 amide bonds. The average Bonchev–Trinajstić information content (AvgIpc) is 3.55. The molecule has 0 unspecified atom stereocenters. The summed E-state index contributed by atoms with van der Waals surface area (Å²) >= 11 is 0. The molecule has 1 aliphatic heterocycles. The third-order valence-corrected chi connectivity index (χ3v) is 7.67. The Hall–Kier alpha value is -2.47. The summed E-state index contributed by atoms with van der Waals surface area (Å²) in [6.07, 6.45) is -1.69. The highest BCUT2D eigenvalue weighted by Gasteiger charge is 2.55. The van der Waals surface area contributed by atoms with Crippen molar-refractivity contribution in [3.63, 3.8) is 0 Å². The molecule has 0 aromatic carbocycles. The Morgan fingerprint density at radius 3 is 2.39 bits per heavy atom. The minimum atomic E-state index is -4.65. The van der Waals surface area contributed by atoms with E-state index in [0.717, 1.165) is 18.5 Å². The number of morpholine rings is 1. The maximum atomic E-state index is 13.8. The standard InChI is InChI=1S/C19H22F3N5O3S/c1-23-16-9-13(19(20,21)22)12(11-24-16)14-10-15(18(3-4-18)31(2,28)29)26-17(25-14)27-5-7-30-8-6-27/h9-11H,3-8H2,1-2H3,(H,23,24). The van der Waals surface area contributed by atoms with Gasteiger partial charge >= 0.3 is 6.18 Å². The molecule has 4 rings (SSSR count). The van der Waals surface area contributed by atoms with E-state index in [1.54, 1.807) is 4.90 Å². The zero-order chi connectivity index (χ0) is 22.4. The molecule has 2 fully saturated rings. The number of ether oxygens (including phenoxy) is 1. The van der Waals surface area contributed by atoms with Crippen LogP contribution in [0.4, 0.5) is 24.9 Å². The van der Waals surface area contributed by atoms with Crippen molar-refractivity contribution >= 4 is 21.6 Å². The van der Waals surface area contributed by atoms with Gasteiger partial charge in [-0.3, -0.25) is 0 Å². The van der Waals surface area contributed by atoms with Crippen molar-refractivity contribution in [2.45, 2.75) is 23.8 Å². The van der Waals surface area contributed by atoms with Crippen LogP contribution in [0.2, 0.25) is 0 Å². The highest BCUT2D eigenvalue weighted by Crippen LogP contribution is 2.52. The van der Waals surface area contributed by atoms with Gasteiger partial charge in [-0.05, 0) is 25.0 Å². The van der Waals surface area contributed by atoms with Crippen LogP contribution in [0.15, 0.2) is 18.3 Å². The second-order valence-electron chi connectivity index (χ2n) is 7.67. The van der Waals surface area contributed by atoms with Gasteiger partial charge in [-0.2, -0.15) is 13.2 Å². The molecule has 12 heteroatoms. The minimum absolute atomic E-state index is 0.0103. The molecule has 1 saturated carbocycles. The van der Waals surface area contributed by atoms with E-state index in [-0.39, 0.29) is 28.7 Å². The van der Waals surface area contributed by atoms with Gasteiger partial charge in [0.1, 0.15) is 10.6 Å². The highest BCUT2D eigenvalue weighted by molar-refractivity contribution is 7.91. The molecule has 3 heterocycles. The number of nitrogens with one attached hydrogen (secondary N) is 1. The van der Waals surface area contributed by atoms with Crippen LogP contribution < -0.4 is 10.2 Å². The van der Waals surface area contributed by atoms with Gasteiger partial charge in [0.15, 0.2) is 9.84 Å². The first-order chi connectivity index (χ1) is 14.5. The highest BCUT2D eigenvalue weighted by atomic mass is 32.2. The lowest BCUT2D eigenvalue weighted by atomic mass is 10.0. The zero-order valence-electron chi connectivity index (χ0n) is 17.0. The van der Waals surface area contributed by atoms with E-state index in [0.29, 0.717) is 39.1 Å². The molecular formula is C19H22F3N5O3S. The number of rotatable bonds is 5. The van der Waals surface area contributed by atoms with Crippen molar-refractivity contribution in [3.8, 4) is 11.3 Å². The van der Waals surface area contributed by atoms with Crippen LogP contribution in [-0.4, -0.2) is 63.0 Å². The molecule has 168 valence electrons. The summed E-state index contributed by atoms with van der Waals surface area (Å²) < 4.78 is 70.5. The minimum Gasteiger partial charge on any atom is -0.378 e. The Morgan fingerprint density at radius 2 is 1.84 bits per heavy atom. The molecular weight excluding hydrogens is 435 g/mol. The van der Waals surface area contributed by atoms with Crippen LogP contribution >= 0.6 is 0 Å². The Kier molecular flexibility index (Phi) is 5.32. The lowest BCUT2D eigenvalue weighted by Crippen LogP contribution is -2.38. The molecule has 0 radical (unpaired) electrons. The first kappa shape index (κ1) is 21.8. The molecule has 1 aliphatic carbocycles. The molecule has 8 nitrogen and oxygen atoms in total. The van der Waals surface area contributed by atoms with E-state index >= 15 is 0 Å². The fourth-order valence-corrected chi connectivity index (χ4v) is 5.00. The number of aromatic nitrogens is 3. The van der Waals surface area contributed by atoms with E-state index in [4.69, 9.17) is 4.74 Å². The van der Waals surface area contributed by atoms with Crippen LogP contribution in [0.5, 0.6) is 0 Å². The maximum Gasteiger partial charge on any atom is 0.417 e. The fourth-order valence-electron chi connectivity index (χ4n) is 3.67. The molecule has 2 aliphatic rings. The molecule has 0 atom stereocenters. The van der Waals surface area contributed by atoms with Crippen molar-refractivity contribution in [3.05, 3.63) is 29.6 Å². The molecule has 31 heavy (non-hydrogen) atoms. The molecule has 2 aromatic rings. The van der Waals surface area contributed by atoms with Gasteiger partial charge in [0.05, 0.1) is 30.2 Å². The second-order valence-corrected chi connectivity index (χ2v) is 9.99. The fraction of sp³-hybridized carbons (Fsp3) is 0.526. The topological polar surface area (TPSA) is 97.3 Å². The number of pyridine rings is 1. The SMILES string of the molecule is CNc1cc(C(F)(F)F)c(-c2cc(C3(S(C)(=O)=O)CC3)nc(N3CCOCC3)n2)cn1. The summed E-state index contributed by atoms with van der Waals surface area (Å²) in [5.41, 5.74) is -0.932. The Bertz CT molecular complexity index is 1100. The maximum absolute atomic E-state index is 13.8. The average molecular weight is 457 g/mol. The molecule has 2 aromatic heterocycles. The summed E-state index contributed by atoms with van der Waals surface area (Å²) in [4.78, 5) is 14.7. The Morgan fingerprint density at radius 1 is 1.16 bits per heavy atom. The first-order valence-corrected chi connectivity index (χ1v) is 11.6. The lowest BCUT2D eigenvalue weighted by Gasteiger charge is -2.28. The summed E-state index contributed by atoms with van der Waals surface area (Å²) in [5.74, 6) is 0.255. The van der Waals surface area contributed by atoms with E-state index < -0.39 is 26.3 Å². The summed E-state index contributed by atoms with van der Waals surface area (Å²) in [6, 6.07) is 2.26. The number of anilines is 2. The number of hydrogen-bond donors (Lipinski definition) is 1. The van der Waals surface area contributed by atoms with Crippen LogP contribution in [-0.2, 0) is 25.5 Å². The van der Waals surface area contributed by atoms with Crippen LogP contribution in [0.25, 0.3) is 11.3 Å². The van der Waals surface area contributed by atoms with Crippen LogP contribution in [0.3, 0.4) is 0 Å². The second kappa shape index (κ2) is 7.59. The van der Waals surface area contributed by atoms with Crippen molar-refractivity contribution in [2.24, 2.45) is 0 Å².